The van der Waals surface area contributed by atoms with Gasteiger partial charge in [-0.05, 0) is 6.07 Å². The molecule has 0 atom stereocenters. The van der Waals surface area contributed by atoms with Gasteiger partial charge in [0.1, 0.15) is 0 Å². The van der Waals surface area contributed by atoms with Crippen LogP contribution >= 0.6 is 11.6 Å². The first-order valence-corrected chi connectivity index (χ1v) is 3.31. The Morgan fingerprint density at radius 2 is 2.09 bits per heavy atom. The number of phenolic OH excluding ortho intramolecular Hbond substituents is 1. The third-order valence-corrected chi connectivity index (χ3v) is 1.62. The average Bonchev–Trinajstić information content (AvgIpc) is 2.01. The smallest absolute Gasteiger partial charge is 0.171 e. The summed E-state index contributed by atoms with van der Waals surface area (Å²) in [4.78, 5) is 0. The summed E-state index contributed by atoms with van der Waals surface area (Å²) in [5.74, 6) is -1.47. The lowest BCUT2D eigenvalue weighted by molar-refractivity contribution is 0.273. The standard InChI is InChI=1S/C7H6ClFO2/c8-5-2-1-4(3-10)6(9)7(5)11/h1-2,10-11H,3H2. The van der Waals surface area contributed by atoms with Crippen LogP contribution in [0.2, 0.25) is 5.02 Å². The highest BCUT2D eigenvalue weighted by Crippen LogP contribution is 2.28. The summed E-state index contributed by atoms with van der Waals surface area (Å²) in [5.41, 5.74) is 0.0342. The number of aliphatic hydroxyl groups excluding tert-OH is 1. The van der Waals surface area contributed by atoms with E-state index >= 15 is 0 Å². The molecule has 2 nitrogen and oxygen atoms in total. The van der Waals surface area contributed by atoms with Gasteiger partial charge in [0.05, 0.1) is 11.6 Å². The van der Waals surface area contributed by atoms with Crippen molar-refractivity contribution in [1.82, 2.24) is 0 Å². The van der Waals surface area contributed by atoms with Gasteiger partial charge in [0.2, 0.25) is 0 Å². The number of halogens is 2. The molecule has 0 amide bonds. The molecular weight excluding hydrogens is 171 g/mol. The van der Waals surface area contributed by atoms with Crippen molar-refractivity contribution in [1.29, 1.82) is 0 Å². The highest BCUT2D eigenvalue weighted by atomic mass is 35.5. The zero-order valence-electron chi connectivity index (χ0n) is 5.51. The van der Waals surface area contributed by atoms with Crippen molar-refractivity contribution in [3.05, 3.63) is 28.5 Å². The third-order valence-electron chi connectivity index (χ3n) is 1.32. The van der Waals surface area contributed by atoms with E-state index in [1.165, 1.54) is 12.1 Å². The average molecular weight is 177 g/mol. The van der Waals surface area contributed by atoms with Gasteiger partial charge in [-0.3, -0.25) is 0 Å². The van der Waals surface area contributed by atoms with Gasteiger partial charge < -0.3 is 10.2 Å². The molecule has 2 N–H and O–H groups in total. The van der Waals surface area contributed by atoms with E-state index < -0.39 is 18.2 Å². The third kappa shape index (κ3) is 1.44. The van der Waals surface area contributed by atoms with E-state index in [1.54, 1.807) is 0 Å². The Bertz CT molecular complexity index is 275. The van der Waals surface area contributed by atoms with E-state index in [0.717, 1.165) is 0 Å². The number of hydrogen-bond acceptors (Lipinski definition) is 2. The van der Waals surface area contributed by atoms with E-state index in [0.29, 0.717) is 0 Å². The topological polar surface area (TPSA) is 40.5 Å². The van der Waals surface area contributed by atoms with Crippen molar-refractivity contribution in [2.75, 3.05) is 0 Å². The minimum Gasteiger partial charge on any atom is -0.504 e. The maximum atomic E-state index is 12.8. The van der Waals surface area contributed by atoms with Crippen molar-refractivity contribution in [2.24, 2.45) is 0 Å². The molecule has 0 radical (unpaired) electrons. The van der Waals surface area contributed by atoms with Crippen LogP contribution in [0.3, 0.4) is 0 Å². The number of aliphatic hydroxyl groups is 1. The SMILES string of the molecule is OCc1ccc(Cl)c(O)c1F. The van der Waals surface area contributed by atoms with Crippen LogP contribution in [-0.4, -0.2) is 10.2 Å². The summed E-state index contributed by atoms with van der Waals surface area (Å²) in [6.45, 7) is -0.448. The van der Waals surface area contributed by atoms with Gasteiger partial charge in [-0.25, -0.2) is 4.39 Å². The van der Waals surface area contributed by atoms with Gasteiger partial charge in [-0.15, -0.1) is 0 Å². The minimum atomic E-state index is -0.861. The van der Waals surface area contributed by atoms with E-state index in [1.807, 2.05) is 0 Å². The number of phenols is 1. The van der Waals surface area contributed by atoms with Crippen molar-refractivity contribution < 1.29 is 14.6 Å². The van der Waals surface area contributed by atoms with Gasteiger partial charge in [-0.2, -0.15) is 0 Å². The molecule has 1 aromatic carbocycles. The molecule has 11 heavy (non-hydrogen) atoms. The lowest BCUT2D eigenvalue weighted by Crippen LogP contribution is -1.89. The highest BCUT2D eigenvalue weighted by Gasteiger charge is 2.09. The lowest BCUT2D eigenvalue weighted by atomic mass is 10.2. The van der Waals surface area contributed by atoms with Crippen molar-refractivity contribution >= 4 is 11.6 Å². The molecule has 4 heteroatoms. The van der Waals surface area contributed by atoms with E-state index in [4.69, 9.17) is 21.8 Å². The molecule has 0 unspecified atom stereocenters. The molecular formula is C7H6ClFO2. The summed E-state index contributed by atoms with van der Waals surface area (Å²) >= 11 is 5.37. The predicted molar refractivity (Wildman–Crippen MR) is 39.0 cm³/mol. The summed E-state index contributed by atoms with van der Waals surface area (Å²) in [6, 6.07) is 2.64. The second-order valence-corrected chi connectivity index (χ2v) is 2.43. The molecule has 0 saturated carbocycles. The maximum Gasteiger partial charge on any atom is 0.171 e. The van der Waals surface area contributed by atoms with Crippen LogP contribution in [0.1, 0.15) is 5.56 Å². The zero-order valence-corrected chi connectivity index (χ0v) is 6.27. The van der Waals surface area contributed by atoms with Gasteiger partial charge in [0.15, 0.2) is 11.6 Å². The minimum absolute atomic E-state index is 0.0342. The fourth-order valence-electron chi connectivity index (χ4n) is 0.705. The van der Waals surface area contributed by atoms with Crippen molar-refractivity contribution in [2.45, 2.75) is 6.61 Å². The first-order valence-electron chi connectivity index (χ1n) is 2.93. The molecule has 0 aliphatic heterocycles. The van der Waals surface area contributed by atoms with Gasteiger partial charge >= 0.3 is 0 Å². The molecule has 0 spiro atoms. The largest absolute Gasteiger partial charge is 0.504 e. The maximum absolute atomic E-state index is 12.8. The quantitative estimate of drug-likeness (QED) is 0.684. The molecule has 0 aliphatic rings. The summed E-state index contributed by atoms with van der Waals surface area (Å²) in [6.07, 6.45) is 0. The molecule has 1 aromatic rings. The van der Waals surface area contributed by atoms with Crippen LogP contribution in [0, 0.1) is 5.82 Å². The molecule has 0 fully saturated rings. The predicted octanol–water partition coefficient (Wildman–Crippen LogP) is 1.68. The molecule has 0 heterocycles. The molecule has 1 rings (SSSR count). The first-order chi connectivity index (χ1) is 5.16. The lowest BCUT2D eigenvalue weighted by Gasteiger charge is -2.01. The van der Waals surface area contributed by atoms with Gasteiger partial charge in [0.25, 0.3) is 0 Å². The summed E-state index contributed by atoms with van der Waals surface area (Å²) < 4.78 is 12.8. The Balaban J connectivity index is 3.25. The Kier molecular flexibility index (Phi) is 2.31. The van der Waals surface area contributed by atoms with Crippen LogP contribution in [0.5, 0.6) is 5.75 Å². The Hall–Kier alpha value is -0.800. The number of aromatic hydroxyl groups is 1. The van der Waals surface area contributed by atoms with Crippen molar-refractivity contribution in [3.8, 4) is 5.75 Å². The van der Waals surface area contributed by atoms with Crippen LogP contribution in [0.4, 0.5) is 4.39 Å². The summed E-state index contributed by atoms with van der Waals surface area (Å²) in [7, 11) is 0. The number of benzene rings is 1. The Morgan fingerprint density at radius 1 is 1.45 bits per heavy atom. The van der Waals surface area contributed by atoms with E-state index in [-0.39, 0.29) is 10.6 Å². The Labute approximate surface area is 67.9 Å². The van der Waals surface area contributed by atoms with E-state index in [2.05, 4.69) is 0 Å². The number of hydrogen-bond donors (Lipinski definition) is 2. The normalized spacial score (nSPS) is 10.1. The first kappa shape index (κ1) is 8.30. The zero-order chi connectivity index (χ0) is 8.43. The monoisotopic (exact) mass is 176 g/mol. The highest BCUT2D eigenvalue weighted by molar-refractivity contribution is 6.32. The molecule has 60 valence electrons. The van der Waals surface area contributed by atoms with Crippen LogP contribution in [-0.2, 0) is 6.61 Å². The molecule has 0 aromatic heterocycles. The van der Waals surface area contributed by atoms with Crippen molar-refractivity contribution in [3.63, 3.8) is 0 Å². The summed E-state index contributed by atoms with van der Waals surface area (Å²) in [5, 5.41) is 17.4. The fourth-order valence-corrected chi connectivity index (χ4v) is 0.851. The van der Waals surface area contributed by atoms with Crippen LogP contribution < -0.4 is 0 Å². The van der Waals surface area contributed by atoms with Crippen LogP contribution in [0.25, 0.3) is 0 Å². The van der Waals surface area contributed by atoms with Crippen LogP contribution in [0.15, 0.2) is 12.1 Å². The second-order valence-electron chi connectivity index (χ2n) is 2.03. The molecule has 0 saturated heterocycles. The van der Waals surface area contributed by atoms with Gasteiger partial charge in [0, 0.05) is 5.56 Å². The van der Waals surface area contributed by atoms with E-state index in [9.17, 15) is 4.39 Å². The second kappa shape index (κ2) is 3.07. The molecule has 0 bridgehead atoms. The fraction of sp³-hybridized carbons (Fsp3) is 0.143. The van der Waals surface area contributed by atoms with Gasteiger partial charge in [-0.1, -0.05) is 17.7 Å². The Morgan fingerprint density at radius 3 is 2.64 bits per heavy atom. The molecule has 0 aliphatic carbocycles. The number of rotatable bonds is 1.